The van der Waals surface area contributed by atoms with Gasteiger partial charge in [-0.15, -0.1) is 0 Å². The van der Waals surface area contributed by atoms with E-state index < -0.39 is 0 Å². The van der Waals surface area contributed by atoms with E-state index in [9.17, 15) is 4.39 Å². The fourth-order valence-corrected chi connectivity index (χ4v) is 2.14. The highest BCUT2D eigenvalue weighted by Gasteiger charge is 2.14. The lowest BCUT2D eigenvalue weighted by Gasteiger charge is -2.26. The van der Waals surface area contributed by atoms with Crippen LogP contribution < -0.4 is 0 Å². The molecule has 1 aliphatic rings. The van der Waals surface area contributed by atoms with Gasteiger partial charge in [0.2, 0.25) is 0 Å². The second-order valence-corrected chi connectivity index (χ2v) is 4.25. The minimum atomic E-state index is -0.162. The molecule has 1 heterocycles. The van der Waals surface area contributed by atoms with E-state index in [0.717, 1.165) is 19.5 Å². The molecular weight excluding hydrogens is 189 g/mol. The van der Waals surface area contributed by atoms with Crippen LogP contribution in [0.15, 0.2) is 29.8 Å². The zero-order chi connectivity index (χ0) is 10.8. The Balaban J connectivity index is 2.30. The maximum Gasteiger partial charge on any atom is 0.123 e. The third-order valence-corrected chi connectivity index (χ3v) is 2.96. The molecule has 2 heteroatoms. The first kappa shape index (κ1) is 10.4. The standard InChI is InChI=1S/C13H16FN/c1-10-9-15(2)8-7-13(10)11-3-5-12(14)6-4-11/h3-6H,7-9H2,1-2H3. The molecule has 0 N–H and O–H groups in total. The van der Waals surface area contributed by atoms with Crippen molar-refractivity contribution in [1.29, 1.82) is 0 Å². The minimum Gasteiger partial charge on any atom is -0.302 e. The highest BCUT2D eigenvalue weighted by Crippen LogP contribution is 2.26. The van der Waals surface area contributed by atoms with Crippen molar-refractivity contribution in [3.8, 4) is 0 Å². The molecule has 1 aromatic rings. The smallest absolute Gasteiger partial charge is 0.123 e. The zero-order valence-electron chi connectivity index (χ0n) is 9.26. The van der Waals surface area contributed by atoms with E-state index in [1.54, 1.807) is 0 Å². The molecule has 0 aromatic heterocycles. The summed E-state index contributed by atoms with van der Waals surface area (Å²) in [5.41, 5.74) is 3.95. The Morgan fingerprint density at radius 1 is 1.20 bits per heavy atom. The summed E-state index contributed by atoms with van der Waals surface area (Å²) in [6, 6.07) is 6.82. The summed E-state index contributed by atoms with van der Waals surface area (Å²) >= 11 is 0. The first-order chi connectivity index (χ1) is 7.16. The fraction of sp³-hybridized carbons (Fsp3) is 0.385. The zero-order valence-corrected chi connectivity index (χ0v) is 9.26. The number of benzene rings is 1. The lowest BCUT2D eigenvalue weighted by atomic mass is 9.94. The number of rotatable bonds is 1. The van der Waals surface area contributed by atoms with E-state index in [4.69, 9.17) is 0 Å². The Morgan fingerprint density at radius 3 is 2.47 bits per heavy atom. The van der Waals surface area contributed by atoms with Crippen LogP contribution in [0, 0.1) is 5.82 Å². The van der Waals surface area contributed by atoms with Crippen LogP contribution in [0.1, 0.15) is 18.9 Å². The normalized spacial score (nSPS) is 18.3. The molecule has 1 nitrogen and oxygen atoms in total. The lowest BCUT2D eigenvalue weighted by molar-refractivity contribution is 0.359. The summed E-state index contributed by atoms with van der Waals surface area (Å²) in [5, 5.41) is 0. The molecule has 0 aliphatic carbocycles. The largest absolute Gasteiger partial charge is 0.302 e. The highest BCUT2D eigenvalue weighted by molar-refractivity contribution is 5.69. The first-order valence-corrected chi connectivity index (χ1v) is 5.30. The van der Waals surface area contributed by atoms with Crippen molar-refractivity contribution in [2.45, 2.75) is 13.3 Å². The van der Waals surface area contributed by atoms with E-state index >= 15 is 0 Å². The molecule has 80 valence electrons. The number of likely N-dealkylation sites (N-methyl/N-ethyl adjacent to an activating group) is 1. The van der Waals surface area contributed by atoms with E-state index in [1.807, 2.05) is 12.1 Å². The number of halogens is 1. The molecule has 0 amide bonds. The molecule has 1 aliphatic heterocycles. The van der Waals surface area contributed by atoms with Crippen molar-refractivity contribution < 1.29 is 4.39 Å². The second kappa shape index (κ2) is 4.15. The summed E-state index contributed by atoms with van der Waals surface area (Å²) < 4.78 is 12.8. The van der Waals surface area contributed by atoms with Gasteiger partial charge in [-0.05, 0) is 43.7 Å². The molecule has 0 saturated heterocycles. The summed E-state index contributed by atoms with van der Waals surface area (Å²) in [5.74, 6) is -0.162. The molecule has 0 saturated carbocycles. The topological polar surface area (TPSA) is 3.24 Å². The van der Waals surface area contributed by atoms with Crippen LogP contribution in [-0.4, -0.2) is 25.0 Å². The molecule has 0 fully saturated rings. The van der Waals surface area contributed by atoms with Crippen molar-refractivity contribution in [3.05, 3.63) is 41.2 Å². The lowest BCUT2D eigenvalue weighted by Crippen LogP contribution is -2.26. The Labute approximate surface area is 90.2 Å². The fourth-order valence-electron chi connectivity index (χ4n) is 2.14. The Kier molecular flexibility index (Phi) is 2.87. The van der Waals surface area contributed by atoms with Gasteiger partial charge in [-0.1, -0.05) is 17.7 Å². The van der Waals surface area contributed by atoms with Gasteiger partial charge in [0.15, 0.2) is 0 Å². The van der Waals surface area contributed by atoms with Crippen LogP contribution in [0.3, 0.4) is 0 Å². The molecule has 0 atom stereocenters. The molecule has 1 aromatic carbocycles. The number of hydrogen-bond donors (Lipinski definition) is 0. The number of nitrogens with zero attached hydrogens (tertiary/aromatic N) is 1. The van der Waals surface area contributed by atoms with Gasteiger partial charge in [0.25, 0.3) is 0 Å². The molecular formula is C13H16FN. The van der Waals surface area contributed by atoms with Gasteiger partial charge in [-0.2, -0.15) is 0 Å². The summed E-state index contributed by atoms with van der Waals surface area (Å²) in [4.78, 5) is 2.31. The Hall–Kier alpha value is -1.15. The second-order valence-electron chi connectivity index (χ2n) is 4.25. The molecule has 0 spiro atoms. The minimum absolute atomic E-state index is 0.162. The van der Waals surface area contributed by atoms with Crippen LogP contribution in [0.25, 0.3) is 5.57 Å². The van der Waals surface area contributed by atoms with Crippen LogP contribution >= 0.6 is 0 Å². The third-order valence-electron chi connectivity index (χ3n) is 2.96. The van der Waals surface area contributed by atoms with Crippen LogP contribution in [0.4, 0.5) is 4.39 Å². The maximum absolute atomic E-state index is 12.8. The van der Waals surface area contributed by atoms with Gasteiger partial charge < -0.3 is 4.90 Å². The predicted octanol–water partition coefficient (Wildman–Crippen LogP) is 2.93. The van der Waals surface area contributed by atoms with Crippen LogP contribution in [0.5, 0.6) is 0 Å². The summed E-state index contributed by atoms with van der Waals surface area (Å²) in [6.45, 7) is 4.27. The third kappa shape index (κ3) is 2.26. The first-order valence-electron chi connectivity index (χ1n) is 5.30. The molecule has 0 radical (unpaired) electrons. The molecule has 15 heavy (non-hydrogen) atoms. The van der Waals surface area contributed by atoms with Crippen LogP contribution in [-0.2, 0) is 0 Å². The Bertz CT molecular complexity index is 378. The quantitative estimate of drug-likeness (QED) is 0.681. The number of hydrogen-bond acceptors (Lipinski definition) is 1. The van der Waals surface area contributed by atoms with E-state index in [2.05, 4.69) is 18.9 Å². The van der Waals surface area contributed by atoms with Crippen molar-refractivity contribution in [1.82, 2.24) is 4.90 Å². The van der Waals surface area contributed by atoms with Crippen molar-refractivity contribution in [3.63, 3.8) is 0 Å². The molecule has 0 bridgehead atoms. The van der Waals surface area contributed by atoms with Crippen molar-refractivity contribution >= 4 is 5.57 Å². The monoisotopic (exact) mass is 205 g/mol. The summed E-state index contributed by atoms with van der Waals surface area (Å²) in [7, 11) is 2.13. The van der Waals surface area contributed by atoms with E-state index in [0.29, 0.717) is 0 Å². The molecule has 0 unspecified atom stereocenters. The van der Waals surface area contributed by atoms with Gasteiger partial charge in [-0.3, -0.25) is 0 Å². The predicted molar refractivity (Wildman–Crippen MR) is 61.1 cm³/mol. The van der Waals surface area contributed by atoms with Gasteiger partial charge in [0.05, 0.1) is 0 Å². The molecule has 2 rings (SSSR count). The maximum atomic E-state index is 12.8. The van der Waals surface area contributed by atoms with Gasteiger partial charge in [0, 0.05) is 13.1 Å². The van der Waals surface area contributed by atoms with Gasteiger partial charge in [0.1, 0.15) is 5.82 Å². The highest BCUT2D eigenvalue weighted by atomic mass is 19.1. The van der Waals surface area contributed by atoms with Gasteiger partial charge >= 0.3 is 0 Å². The van der Waals surface area contributed by atoms with Gasteiger partial charge in [-0.25, -0.2) is 4.39 Å². The van der Waals surface area contributed by atoms with Crippen molar-refractivity contribution in [2.24, 2.45) is 0 Å². The van der Waals surface area contributed by atoms with Crippen molar-refractivity contribution in [2.75, 3.05) is 20.1 Å². The average Bonchev–Trinajstić information content (AvgIpc) is 2.20. The average molecular weight is 205 g/mol. The van der Waals surface area contributed by atoms with Crippen LogP contribution in [0.2, 0.25) is 0 Å². The SMILES string of the molecule is CC1=C(c2ccc(F)cc2)CCN(C)C1. The summed E-state index contributed by atoms with van der Waals surface area (Å²) in [6.07, 6.45) is 1.06. The Morgan fingerprint density at radius 2 is 1.87 bits per heavy atom. The van der Waals surface area contributed by atoms with E-state index in [1.165, 1.54) is 28.8 Å². The van der Waals surface area contributed by atoms with E-state index in [-0.39, 0.29) is 5.82 Å².